The largest absolute Gasteiger partial charge is 0.417 e. The highest BCUT2D eigenvalue weighted by atomic mass is 32.2. The zero-order chi connectivity index (χ0) is 21.1. The third kappa shape index (κ3) is 5.44. The predicted molar refractivity (Wildman–Crippen MR) is 95.9 cm³/mol. The number of nitriles is 1. The molecular formula is C16H13F3N4O3S2. The molecule has 0 aliphatic rings. The summed E-state index contributed by atoms with van der Waals surface area (Å²) in [5.74, 6) is -0.881. The molecule has 12 heteroatoms. The number of carbonyl (C=O) groups excluding carboxylic acids is 1. The Bertz CT molecular complexity index is 1050. The van der Waals surface area contributed by atoms with Crippen LogP contribution in [0.2, 0.25) is 0 Å². The number of thioether (sulfide) groups is 1. The summed E-state index contributed by atoms with van der Waals surface area (Å²) in [5, 5.41) is 16.3. The molecule has 148 valence electrons. The maximum atomic E-state index is 13.1. The number of halogens is 3. The molecule has 0 radical (unpaired) electrons. The van der Waals surface area contributed by atoms with E-state index in [2.05, 4.69) is 10.3 Å². The number of hydrogen-bond acceptors (Lipinski definition) is 6. The molecule has 0 spiro atoms. The van der Waals surface area contributed by atoms with Crippen LogP contribution in [0.25, 0.3) is 0 Å². The number of rotatable bonds is 5. The fourth-order valence-electron chi connectivity index (χ4n) is 2.14. The molecule has 7 nitrogen and oxygen atoms in total. The van der Waals surface area contributed by atoms with Gasteiger partial charge in [0.25, 0.3) is 0 Å². The number of hydrogen-bond donors (Lipinski definition) is 2. The van der Waals surface area contributed by atoms with Crippen molar-refractivity contribution in [3.63, 3.8) is 0 Å². The zero-order valence-corrected chi connectivity index (χ0v) is 15.9. The third-order valence-corrected chi connectivity index (χ3v) is 5.24. The van der Waals surface area contributed by atoms with E-state index in [4.69, 9.17) is 10.4 Å². The Kier molecular flexibility index (Phi) is 6.33. The summed E-state index contributed by atoms with van der Waals surface area (Å²) >= 11 is 0.689. The summed E-state index contributed by atoms with van der Waals surface area (Å²) in [4.78, 5) is 15.8. The second kappa shape index (κ2) is 8.17. The molecule has 2 rings (SSSR count). The molecule has 0 fully saturated rings. The van der Waals surface area contributed by atoms with E-state index < -0.39 is 33.2 Å². The van der Waals surface area contributed by atoms with E-state index in [0.717, 1.165) is 6.07 Å². The van der Waals surface area contributed by atoms with E-state index in [-0.39, 0.29) is 27.1 Å². The van der Waals surface area contributed by atoms with Crippen molar-refractivity contribution in [2.75, 3.05) is 11.1 Å². The van der Waals surface area contributed by atoms with E-state index in [1.807, 2.05) is 0 Å². The summed E-state index contributed by atoms with van der Waals surface area (Å²) in [7, 11) is -3.87. The summed E-state index contributed by atoms with van der Waals surface area (Å²) in [6.07, 6.45) is -4.72. The smallest absolute Gasteiger partial charge is 0.325 e. The second-order valence-electron chi connectivity index (χ2n) is 5.51. The molecule has 1 aromatic heterocycles. The van der Waals surface area contributed by atoms with Crippen molar-refractivity contribution in [2.45, 2.75) is 23.0 Å². The molecule has 0 bridgehead atoms. The molecule has 1 aromatic carbocycles. The first-order valence-corrected chi connectivity index (χ1v) is 9.99. The Morgan fingerprint density at radius 1 is 1.32 bits per heavy atom. The van der Waals surface area contributed by atoms with Gasteiger partial charge >= 0.3 is 6.18 Å². The first kappa shape index (κ1) is 21.7. The van der Waals surface area contributed by atoms with Gasteiger partial charge in [-0.15, -0.1) is 0 Å². The topological polar surface area (TPSA) is 126 Å². The van der Waals surface area contributed by atoms with Gasteiger partial charge in [-0.25, -0.2) is 18.5 Å². The van der Waals surface area contributed by atoms with Gasteiger partial charge in [0.1, 0.15) is 11.1 Å². The fourth-order valence-corrected chi connectivity index (χ4v) is 3.50. The van der Waals surface area contributed by atoms with Gasteiger partial charge < -0.3 is 5.32 Å². The summed E-state index contributed by atoms with van der Waals surface area (Å²) < 4.78 is 61.6. The number of primary sulfonamides is 1. The van der Waals surface area contributed by atoms with Gasteiger partial charge in [-0.05, 0) is 37.3 Å². The molecule has 3 N–H and O–H groups in total. The van der Waals surface area contributed by atoms with Crippen molar-refractivity contribution in [3.8, 4) is 6.07 Å². The number of sulfonamides is 1. The molecule has 28 heavy (non-hydrogen) atoms. The maximum Gasteiger partial charge on any atom is 0.417 e. The summed E-state index contributed by atoms with van der Waals surface area (Å²) in [5.41, 5.74) is -1.42. The minimum absolute atomic E-state index is 0.0628. The van der Waals surface area contributed by atoms with E-state index in [1.54, 1.807) is 0 Å². The molecular weight excluding hydrogens is 417 g/mol. The van der Waals surface area contributed by atoms with Crippen LogP contribution in [-0.2, 0) is 21.0 Å². The van der Waals surface area contributed by atoms with Crippen LogP contribution in [0, 0.1) is 18.3 Å². The van der Waals surface area contributed by atoms with E-state index in [9.17, 15) is 26.4 Å². The zero-order valence-electron chi connectivity index (χ0n) is 14.2. The SMILES string of the molecule is Cc1cc(C(F)(F)F)c(C#N)c(SCC(=O)Nc2ccc(S(N)(=O)=O)cc2)n1. The Balaban J connectivity index is 2.13. The van der Waals surface area contributed by atoms with Crippen molar-refractivity contribution in [1.29, 1.82) is 5.26 Å². The highest BCUT2D eigenvalue weighted by Gasteiger charge is 2.35. The number of amides is 1. The number of pyridine rings is 1. The van der Waals surface area contributed by atoms with E-state index in [1.165, 1.54) is 37.3 Å². The molecule has 0 saturated carbocycles. The lowest BCUT2D eigenvalue weighted by molar-refractivity contribution is -0.138. The number of alkyl halides is 3. The van der Waals surface area contributed by atoms with Gasteiger partial charge in [-0.2, -0.15) is 18.4 Å². The van der Waals surface area contributed by atoms with E-state index >= 15 is 0 Å². The van der Waals surface area contributed by atoms with Crippen molar-refractivity contribution in [3.05, 3.63) is 47.2 Å². The highest BCUT2D eigenvalue weighted by Crippen LogP contribution is 2.35. The number of aromatic nitrogens is 1. The van der Waals surface area contributed by atoms with Crippen LogP contribution in [-0.4, -0.2) is 25.1 Å². The van der Waals surface area contributed by atoms with Gasteiger partial charge in [-0.3, -0.25) is 4.79 Å². The lowest BCUT2D eigenvalue weighted by Crippen LogP contribution is -2.16. The van der Waals surface area contributed by atoms with Crippen LogP contribution in [0.1, 0.15) is 16.8 Å². The molecule has 0 aliphatic carbocycles. The van der Waals surface area contributed by atoms with Crippen LogP contribution in [0.4, 0.5) is 18.9 Å². The van der Waals surface area contributed by atoms with Gasteiger partial charge in [0.05, 0.1) is 21.8 Å². The van der Waals surface area contributed by atoms with Crippen LogP contribution < -0.4 is 10.5 Å². The monoisotopic (exact) mass is 430 g/mol. The van der Waals surface area contributed by atoms with Gasteiger partial charge in [0, 0.05) is 11.4 Å². The predicted octanol–water partition coefficient (Wildman–Crippen LogP) is 2.66. The van der Waals surface area contributed by atoms with E-state index in [0.29, 0.717) is 11.8 Å². The van der Waals surface area contributed by atoms with Crippen molar-refractivity contribution < 1.29 is 26.4 Å². The molecule has 0 aliphatic heterocycles. The number of carbonyl (C=O) groups is 1. The van der Waals surface area contributed by atoms with Crippen LogP contribution in [0.15, 0.2) is 40.3 Å². The van der Waals surface area contributed by atoms with Crippen LogP contribution >= 0.6 is 11.8 Å². The minimum Gasteiger partial charge on any atom is -0.325 e. The standard InChI is InChI=1S/C16H13F3N4O3S2/c1-9-6-13(16(17,18)19)12(7-20)15(22-9)27-8-14(24)23-10-2-4-11(5-3-10)28(21,25)26/h2-6H,8H2,1H3,(H,23,24)(H2,21,25,26). The Hall–Kier alpha value is -2.62. The molecule has 2 aromatic rings. The van der Waals surface area contributed by atoms with Crippen molar-refractivity contribution in [2.24, 2.45) is 5.14 Å². The normalized spacial score (nSPS) is 11.7. The highest BCUT2D eigenvalue weighted by molar-refractivity contribution is 8.00. The lowest BCUT2D eigenvalue weighted by atomic mass is 10.1. The molecule has 0 saturated heterocycles. The molecule has 0 unspecified atom stereocenters. The molecule has 0 atom stereocenters. The third-order valence-electron chi connectivity index (χ3n) is 3.34. The molecule has 1 amide bonds. The second-order valence-corrected chi connectivity index (χ2v) is 8.03. The van der Waals surface area contributed by atoms with Crippen LogP contribution in [0.5, 0.6) is 0 Å². The number of nitrogens with two attached hydrogens (primary N) is 1. The number of nitrogens with zero attached hydrogens (tertiary/aromatic N) is 2. The fraction of sp³-hybridized carbons (Fsp3) is 0.188. The van der Waals surface area contributed by atoms with Crippen molar-refractivity contribution >= 4 is 33.4 Å². The number of nitrogens with one attached hydrogen (secondary N) is 1. The lowest BCUT2D eigenvalue weighted by Gasteiger charge is -2.12. The summed E-state index contributed by atoms with van der Waals surface area (Å²) in [6, 6.07) is 7.29. The maximum absolute atomic E-state index is 13.1. The summed E-state index contributed by atoms with van der Waals surface area (Å²) in [6.45, 7) is 1.35. The molecule has 1 heterocycles. The van der Waals surface area contributed by atoms with Gasteiger partial charge in [0.15, 0.2) is 0 Å². The number of aryl methyl sites for hydroxylation is 1. The average Bonchev–Trinajstić information content (AvgIpc) is 2.58. The number of benzene rings is 1. The van der Waals surface area contributed by atoms with Gasteiger partial charge in [-0.1, -0.05) is 11.8 Å². The quantitative estimate of drug-likeness (QED) is 0.703. The Labute approximate surface area is 162 Å². The van der Waals surface area contributed by atoms with Gasteiger partial charge in [0.2, 0.25) is 15.9 Å². The number of anilines is 1. The Morgan fingerprint density at radius 3 is 2.43 bits per heavy atom. The first-order chi connectivity index (χ1) is 12.9. The minimum atomic E-state index is -4.72. The van der Waals surface area contributed by atoms with Crippen molar-refractivity contribution in [1.82, 2.24) is 4.98 Å². The Morgan fingerprint density at radius 2 is 1.93 bits per heavy atom. The van der Waals surface area contributed by atoms with Crippen LogP contribution in [0.3, 0.4) is 0 Å². The first-order valence-electron chi connectivity index (χ1n) is 7.46. The average molecular weight is 430 g/mol.